The molecule has 130 valence electrons. The van der Waals surface area contributed by atoms with Crippen LogP contribution in [0, 0.1) is 5.82 Å². The van der Waals surface area contributed by atoms with Crippen molar-refractivity contribution in [1.29, 1.82) is 0 Å². The molecule has 1 heterocycles. The molecule has 1 N–H and O–H groups in total. The average Bonchev–Trinajstić information content (AvgIpc) is 3.04. The Morgan fingerprint density at radius 2 is 1.80 bits per heavy atom. The minimum absolute atomic E-state index is 0.0171. The van der Waals surface area contributed by atoms with E-state index in [1.54, 1.807) is 30.2 Å². The Balaban J connectivity index is 1.85. The highest BCUT2D eigenvalue weighted by Gasteiger charge is 2.16. The number of ether oxygens (including phenoxy) is 1. The first-order valence-electron chi connectivity index (χ1n) is 7.99. The van der Waals surface area contributed by atoms with Crippen LogP contribution in [-0.2, 0) is 17.1 Å². The van der Waals surface area contributed by atoms with Crippen LogP contribution < -0.4 is 0 Å². The van der Waals surface area contributed by atoms with Gasteiger partial charge in [0, 0.05) is 27.3 Å². The highest BCUT2D eigenvalue weighted by Crippen LogP contribution is 2.34. The molecule has 0 saturated carbocycles. The highest BCUT2D eigenvalue weighted by molar-refractivity contribution is 7.98. The molecule has 0 aliphatic heterocycles. The van der Waals surface area contributed by atoms with Gasteiger partial charge >= 0.3 is 0 Å². The maximum absolute atomic E-state index is 13.2. The predicted octanol–water partition coefficient (Wildman–Crippen LogP) is 4.89. The van der Waals surface area contributed by atoms with Gasteiger partial charge in [-0.25, -0.2) is 4.39 Å². The molecule has 0 aliphatic carbocycles. The lowest BCUT2D eigenvalue weighted by atomic mass is 10.1. The molecule has 0 amide bonds. The van der Waals surface area contributed by atoms with E-state index in [-0.39, 0.29) is 19.0 Å². The molecule has 0 bridgehead atoms. The van der Waals surface area contributed by atoms with Gasteiger partial charge in [0.25, 0.3) is 0 Å². The molecule has 0 atom stereocenters. The van der Waals surface area contributed by atoms with E-state index in [0.717, 1.165) is 27.3 Å². The first kappa shape index (κ1) is 17.7. The predicted molar refractivity (Wildman–Crippen MR) is 96.8 cm³/mol. The maximum atomic E-state index is 13.2. The van der Waals surface area contributed by atoms with Gasteiger partial charge in [0.05, 0.1) is 26.1 Å². The quantitative estimate of drug-likeness (QED) is 0.460. The van der Waals surface area contributed by atoms with Gasteiger partial charge in [0.2, 0.25) is 0 Å². The lowest BCUT2D eigenvalue weighted by molar-refractivity contribution is 0.0810. The van der Waals surface area contributed by atoms with Crippen LogP contribution >= 0.6 is 11.8 Å². The topological polar surface area (TPSA) is 42.6 Å². The third-order valence-electron chi connectivity index (χ3n) is 3.71. The molecule has 3 aromatic rings. The molecule has 0 unspecified atom stereocenters. The lowest BCUT2D eigenvalue weighted by Gasteiger charge is -2.07. The Kier molecular flexibility index (Phi) is 6.28. The summed E-state index contributed by atoms with van der Waals surface area (Å²) < 4.78 is 24.4. The molecule has 3 rings (SSSR count). The fraction of sp³-hybridized carbons (Fsp3) is 0.200. The van der Waals surface area contributed by atoms with Gasteiger partial charge in [-0.05, 0) is 36.4 Å². The van der Waals surface area contributed by atoms with E-state index in [9.17, 15) is 4.39 Å². The minimum Gasteiger partial charge on any atom is -0.464 e. The summed E-state index contributed by atoms with van der Waals surface area (Å²) in [6.45, 7) is 0.634. The number of hydrogen-bond donors (Lipinski definition) is 1. The summed E-state index contributed by atoms with van der Waals surface area (Å²) >= 11 is 1.70. The molecule has 5 heteroatoms. The van der Waals surface area contributed by atoms with Crippen LogP contribution in [0.15, 0.2) is 70.2 Å². The zero-order chi connectivity index (χ0) is 17.5. The molecular formula is C20H19FO3S. The highest BCUT2D eigenvalue weighted by atomic mass is 32.2. The molecule has 0 radical (unpaired) electrons. The van der Waals surface area contributed by atoms with Crippen molar-refractivity contribution >= 4 is 11.8 Å². The monoisotopic (exact) mass is 358 g/mol. The largest absolute Gasteiger partial charge is 0.464 e. The molecule has 0 spiro atoms. The van der Waals surface area contributed by atoms with Gasteiger partial charge in [0.1, 0.15) is 11.6 Å². The van der Waals surface area contributed by atoms with Crippen molar-refractivity contribution in [2.75, 3.05) is 13.2 Å². The second-order valence-corrected chi connectivity index (χ2v) is 6.50. The standard InChI is InChI=1S/C20H19FO3S/c21-17-8-6-15(7-9-17)20-19(14-25-18-4-2-1-3-5-18)16(13-24-20)12-23-11-10-22/h1-9,13,22H,10-12,14H2. The third kappa shape index (κ3) is 4.72. The summed E-state index contributed by atoms with van der Waals surface area (Å²) in [7, 11) is 0. The van der Waals surface area contributed by atoms with E-state index < -0.39 is 0 Å². The van der Waals surface area contributed by atoms with Crippen molar-refractivity contribution in [1.82, 2.24) is 0 Å². The van der Waals surface area contributed by atoms with E-state index >= 15 is 0 Å². The number of rotatable bonds is 8. The van der Waals surface area contributed by atoms with Gasteiger partial charge in [-0.2, -0.15) is 0 Å². The van der Waals surface area contributed by atoms with Crippen LogP contribution in [0.25, 0.3) is 11.3 Å². The summed E-state index contributed by atoms with van der Waals surface area (Å²) in [5, 5.41) is 8.89. The van der Waals surface area contributed by atoms with Crippen LogP contribution in [0.4, 0.5) is 4.39 Å². The Hall–Kier alpha value is -2.08. The smallest absolute Gasteiger partial charge is 0.138 e. The summed E-state index contributed by atoms with van der Waals surface area (Å²) in [6.07, 6.45) is 1.68. The van der Waals surface area contributed by atoms with Gasteiger partial charge in [0.15, 0.2) is 0 Å². The van der Waals surface area contributed by atoms with Crippen LogP contribution in [0.3, 0.4) is 0 Å². The van der Waals surface area contributed by atoms with E-state index in [1.807, 2.05) is 18.2 Å². The SMILES string of the molecule is OCCOCc1coc(-c2ccc(F)cc2)c1CSc1ccccc1. The van der Waals surface area contributed by atoms with Crippen molar-refractivity contribution in [2.45, 2.75) is 17.3 Å². The van der Waals surface area contributed by atoms with Gasteiger partial charge < -0.3 is 14.3 Å². The third-order valence-corrected chi connectivity index (χ3v) is 4.75. The molecule has 1 aromatic heterocycles. The van der Waals surface area contributed by atoms with E-state index in [4.69, 9.17) is 14.3 Å². The number of aliphatic hydroxyl groups excluding tert-OH is 1. The molecule has 25 heavy (non-hydrogen) atoms. The number of hydrogen-bond acceptors (Lipinski definition) is 4. The molecule has 0 saturated heterocycles. The van der Waals surface area contributed by atoms with Crippen LogP contribution in [0.2, 0.25) is 0 Å². The molecular weight excluding hydrogens is 339 g/mol. The maximum Gasteiger partial charge on any atom is 0.138 e. The summed E-state index contributed by atoms with van der Waals surface area (Å²) in [6, 6.07) is 16.4. The zero-order valence-corrected chi connectivity index (χ0v) is 14.5. The number of thioether (sulfide) groups is 1. The average molecular weight is 358 g/mol. The van der Waals surface area contributed by atoms with E-state index in [0.29, 0.717) is 12.4 Å². The van der Waals surface area contributed by atoms with Gasteiger partial charge in [-0.3, -0.25) is 0 Å². The second-order valence-electron chi connectivity index (χ2n) is 5.45. The Morgan fingerprint density at radius 1 is 1.04 bits per heavy atom. The summed E-state index contributed by atoms with van der Waals surface area (Å²) in [4.78, 5) is 1.16. The summed E-state index contributed by atoms with van der Waals surface area (Å²) in [5.74, 6) is 1.17. The number of halogens is 1. The van der Waals surface area contributed by atoms with Crippen molar-refractivity contribution in [3.8, 4) is 11.3 Å². The molecule has 0 aliphatic rings. The van der Waals surface area contributed by atoms with Gasteiger partial charge in [-0.15, -0.1) is 11.8 Å². The van der Waals surface area contributed by atoms with Crippen molar-refractivity contribution < 1.29 is 18.7 Å². The number of benzene rings is 2. The number of aliphatic hydroxyl groups is 1. The van der Waals surface area contributed by atoms with Crippen molar-refractivity contribution in [3.63, 3.8) is 0 Å². The van der Waals surface area contributed by atoms with Crippen LogP contribution in [0.1, 0.15) is 11.1 Å². The van der Waals surface area contributed by atoms with Crippen LogP contribution in [-0.4, -0.2) is 18.3 Å². The Labute approximate surface area is 150 Å². The lowest BCUT2D eigenvalue weighted by Crippen LogP contribution is -2.00. The van der Waals surface area contributed by atoms with Crippen molar-refractivity contribution in [2.24, 2.45) is 0 Å². The fourth-order valence-corrected chi connectivity index (χ4v) is 3.44. The fourth-order valence-electron chi connectivity index (χ4n) is 2.46. The van der Waals surface area contributed by atoms with Crippen LogP contribution in [0.5, 0.6) is 0 Å². The second kappa shape index (κ2) is 8.85. The zero-order valence-electron chi connectivity index (χ0n) is 13.7. The van der Waals surface area contributed by atoms with E-state index in [1.165, 1.54) is 12.1 Å². The number of furan rings is 1. The molecule has 3 nitrogen and oxygen atoms in total. The Bertz CT molecular complexity index is 784. The summed E-state index contributed by atoms with van der Waals surface area (Å²) in [5.41, 5.74) is 2.80. The first-order chi connectivity index (χ1) is 12.3. The van der Waals surface area contributed by atoms with E-state index in [2.05, 4.69) is 12.1 Å². The minimum atomic E-state index is -0.276. The Morgan fingerprint density at radius 3 is 2.52 bits per heavy atom. The molecule has 2 aromatic carbocycles. The first-order valence-corrected chi connectivity index (χ1v) is 8.98. The normalized spacial score (nSPS) is 11.0. The van der Waals surface area contributed by atoms with Crippen molar-refractivity contribution in [3.05, 3.63) is 77.8 Å². The van der Waals surface area contributed by atoms with Gasteiger partial charge in [-0.1, -0.05) is 18.2 Å². The molecule has 0 fully saturated rings.